The fourth-order valence-electron chi connectivity index (χ4n) is 4.43. The van der Waals surface area contributed by atoms with Gasteiger partial charge >= 0.3 is 0 Å². The monoisotopic (exact) mass is 503 g/mol. The number of carbonyl (C=O) groups is 2. The first kappa shape index (κ1) is 25.6. The van der Waals surface area contributed by atoms with Gasteiger partial charge in [0.1, 0.15) is 17.3 Å². The van der Waals surface area contributed by atoms with Gasteiger partial charge in [0.25, 0.3) is 11.7 Å². The van der Waals surface area contributed by atoms with E-state index in [4.69, 9.17) is 14.2 Å². The zero-order chi connectivity index (χ0) is 26.5. The molecule has 0 radical (unpaired) electrons. The number of aliphatic hydroxyl groups excluding tert-OH is 1. The number of amides is 1. The normalized spacial score (nSPS) is 16.6. The molecule has 1 saturated heterocycles. The van der Waals surface area contributed by atoms with E-state index in [1.165, 1.54) is 17.0 Å². The zero-order valence-corrected chi connectivity index (χ0v) is 20.9. The van der Waals surface area contributed by atoms with Crippen molar-refractivity contribution >= 4 is 17.4 Å². The van der Waals surface area contributed by atoms with Crippen LogP contribution in [0.15, 0.2) is 72.3 Å². The number of ether oxygens (including phenoxy) is 3. The van der Waals surface area contributed by atoms with Crippen LogP contribution >= 0.6 is 0 Å². The topological polar surface area (TPSA) is 106 Å². The molecule has 0 bridgehead atoms. The van der Waals surface area contributed by atoms with Crippen LogP contribution in [-0.4, -0.2) is 54.2 Å². The van der Waals surface area contributed by atoms with Gasteiger partial charge in [-0.3, -0.25) is 9.59 Å². The first-order valence-corrected chi connectivity index (χ1v) is 11.9. The van der Waals surface area contributed by atoms with Gasteiger partial charge in [-0.05, 0) is 73.0 Å². The lowest BCUT2D eigenvalue weighted by atomic mass is 9.95. The largest absolute Gasteiger partial charge is 0.508 e. The minimum atomic E-state index is -0.827. The number of phenolic OH excluding ortho intramolecular Hbond substituents is 1. The molecule has 192 valence electrons. The van der Waals surface area contributed by atoms with Crippen molar-refractivity contribution in [2.75, 3.05) is 27.4 Å². The average Bonchev–Trinajstić information content (AvgIpc) is 3.17. The van der Waals surface area contributed by atoms with Gasteiger partial charge < -0.3 is 29.3 Å². The average molecular weight is 504 g/mol. The molecule has 4 rings (SSSR count). The predicted octanol–water partition coefficient (Wildman–Crippen LogP) is 4.47. The third-order valence-corrected chi connectivity index (χ3v) is 6.28. The van der Waals surface area contributed by atoms with Crippen molar-refractivity contribution in [3.63, 3.8) is 0 Å². The number of likely N-dealkylation sites (tertiary alicyclic amines) is 1. The van der Waals surface area contributed by atoms with Crippen LogP contribution in [0.1, 0.15) is 29.7 Å². The van der Waals surface area contributed by atoms with E-state index in [9.17, 15) is 19.8 Å². The summed E-state index contributed by atoms with van der Waals surface area (Å²) in [5, 5.41) is 21.0. The van der Waals surface area contributed by atoms with Crippen LogP contribution in [0.25, 0.3) is 5.76 Å². The van der Waals surface area contributed by atoms with E-state index in [1.54, 1.807) is 56.7 Å². The second kappa shape index (κ2) is 11.1. The number of methoxy groups -OCH3 is 2. The molecular weight excluding hydrogens is 474 g/mol. The van der Waals surface area contributed by atoms with Crippen molar-refractivity contribution in [3.8, 4) is 23.0 Å². The molecule has 1 heterocycles. The molecule has 2 N–H and O–H groups in total. The van der Waals surface area contributed by atoms with E-state index in [0.29, 0.717) is 41.4 Å². The molecule has 3 aromatic carbocycles. The van der Waals surface area contributed by atoms with E-state index in [-0.39, 0.29) is 23.6 Å². The lowest BCUT2D eigenvalue weighted by Crippen LogP contribution is -2.31. The van der Waals surface area contributed by atoms with Crippen molar-refractivity contribution in [3.05, 3.63) is 89.0 Å². The minimum absolute atomic E-state index is 0.00726. The van der Waals surface area contributed by atoms with Crippen LogP contribution < -0.4 is 14.2 Å². The third kappa shape index (κ3) is 5.23. The number of ketones is 1. The van der Waals surface area contributed by atoms with Gasteiger partial charge in [0, 0.05) is 12.1 Å². The Hall–Kier alpha value is -4.46. The minimum Gasteiger partial charge on any atom is -0.508 e. The number of Topliss-reactive ketones (excluding diaryl/α,β-unsaturated/α-hetero) is 1. The van der Waals surface area contributed by atoms with Gasteiger partial charge in [-0.15, -0.1) is 0 Å². The summed E-state index contributed by atoms with van der Waals surface area (Å²) >= 11 is 0. The van der Waals surface area contributed by atoms with Crippen LogP contribution in [0.5, 0.6) is 23.0 Å². The molecule has 0 saturated carbocycles. The van der Waals surface area contributed by atoms with Crippen LogP contribution in [0.2, 0.25) is 0 Å². The first-order valence-electron chi connectivity index (χ1n) is 11.9. The lowest BCUT2D eigenvalue weighted by molar-refractivity contribution is -0.139. The number of carbonyl (C=O) groups excluding carboxylic acids is 2. The molecule has 1 fully saturated rings. The van der Waals surface area contributed by atoms with Crippen LogP contribution in [0.4, 0.5) is 0 Å². The van der Waals surface area contributed by atoms with Gasteiger partial charge in [-0.1, -0.05) is 18.2 Å². The Morgan fingerprint density at radius 1 is 0.919 bits per heavy atom. The Morgan fingerprint density at radius 2 is 1.59 bits per heavy atom. The summed E-state index contributed by atoms with van der Waals surface area (Å²) in [5.41, 5.74) is 1.87. The van der Waals surface area contributed by atoms with E-state index in [2.05, 4.69) is 0 Å². The molecule has 37 heavy (non-hydrogen) atoms. The molecule has 1 amide bonds. The molecule has 3 aromatic rings. The highest BCUT2D eigenvalue weighted by molar-refractivity contribution is 6.46. The highest BCUT2D eigenvalue weighted by Crippen LogP contribution is 2.40. The highest BCUT2D eigenvalue weighted by atomic mass is 16.5. The van der Waals surface area contributed by atoms with Crippen LogP contribution in [0.3, 0.4) is 0 Å². The molecule has 0 aliphatic carbocycles. The van der Waals surface area contributed by atoms with E-state index >= 15 is 0 Å². The summed E-state index contributed by atoms with van der Waals surface area (Å²) in [5.74, 6) is 0.0942. The Labute approximate surface area is 215 Å². The molecule has 1 aliphatic rings. The number of benzene rings is 3. The summed E-state index contributed by atoms with van der Waals surface area (Å²) in [7, 11) is 3.10. The zero-order valence-electron chi connectivity index (χ0n) is 20.9. The van der Waals surface area contributed by atoms with Crippen molar-refractivity contribution in [2.45, 2.75) is 19.4 Å². The Bertz CT molecular complexity index is 1310. The lowest BCUT2D eigenvalue weighted by Gasteiger charge is -2.25. The standard InChI is InChI=1S/C29H29NO7/c1-4-37-22-12-8-20(9-13-22)27(32)25-26(19-6-10-21(31)11-7-19)30(29(34)28(25)33)16-15-18-5-14-23(35-2)24(17-18)36-3/h5-14,17,26,31-32H,4,15-16H2,1-3H3/b27-25+. The summed E-state index contributed by atoms with van der Waals surface area (Å²) in [6.45, 7) is 2.58. The van der Waals surface area contributed by atoms with Gasteiger partial charge in [0.15, 0.2) is 11.5 Å². The number of phenols is 1. The van der Waals surface area contributed by atoms with E-state index < -0.39 is 17.7 Å². The molecule has 8 heteroatoms. The summed E-state index contributed by atoms with van der Waals surface area (Å²) in [6.07, 6.45) is 0.436. The Kier molecular flexibility index (Phi) is 7.67. The first-order chi connectivity index (χ1) is 17.9. The number of hydrogen-bond donors (Lipinski definition) is 2. The number of aliphatic hydroxyl groups is 1. The van der Waals surface area contributed by atoms with Gasteiger partial charge in [-0.25, -0.2) is 0 Å². The summed E-state index contributed by atoms with van der Waals surface area (Å²) < 4.78 is 16.1. The predicted molar refractivity (Wildman–Crippen MR) is 138 cm³/mol. The molecular formula is C29H29NO7. The van der Waals surface area contributed by atoms with E-state index in [1.807, 2.05) is 19.1 Å². The van der Waals surface area contributed by atoms with Crippen molar-refractivity contribution in [2.24, 2.45) is 0 Å². The smallest absolute Gasteiger partial charge is 0.295 e. The number of rotatable bonds is 9. The Balaban J connectivity index is 1.72. The summed E-state index contributed by atoms with van der Waals surface area (Å²) in [4.78, 5) is 27.9. The third-order valence-electron chi connectivity index (χ3n) is 6.28. The number of aromatic hydroxyl groups is 1. The Morgan fingerprint density at radius 3 is 2.22 bits per heavy atom. The maximum absolute atomic E-state index is 13.2. The molecule has 0 aromatic heterocycles. The molecule has 1 unspecified atom stereocenters. The van der Waals surface area contributed by atoms with Crippen molar-refractivity contribution in [1.29, 1.82) is 0 Å². The number of nitrogens with zero attached hydrogens (tertiary/aromatic N) is 1. The SMILES string of the molecule is CCOc1ccc(/C(O)=C2\C(=O)C(=O)N(CCc3ccc(OC)c(OC)c3)C2c2ccc(O)cc2)cc1. The van der Waals surface area contributed by atoms with Crippen LogP contribution in [0, 0.1) is 0 Å². The van der Waals surface area contributed by atoms with Crippen molar-refractivity contribution < 1.29 is 34.0 Å². The van der Waals surface area contributed by atoms with E-state index in [0.717, 1.165) is 5.56 Å². The maximum atomic E-state index is 13.2. The molecule has 1 atom stereocenters. The molecule has 8 nitrogen and oxygen atoms in total. The van der Waals surface area contributed by atoms with Crippen molar-refractivity contribution in [1.82, 2.24) is 4.90 Å². The van der Waals surface area contributed by atoms with Gasteiger partial charge in [0.05, 0.1) is 32.4 Å². The second-order valence-electron chi connectivity index (χ2n) is 8.48. The molecule has 1 aliphatic heterocycles. The van der Waals surface area contributed by atoms with Crippen LogP contribution in [-0.2, 0) is 16.0 Å². The number of hydrogen-bond acceptors (Lipinski definition) is 7. The summed E-state index contributed by atoms with van der Waals surface area (Å²) in [6, 6.07) is 17.6. The molecule has 0 spiro atoms. The quantitative estimate of drug-likeness (QED) is 0.252. The van der Waals surface area contributed by atoms with Gasteiger partial charge in [0.2, 0.25) is 0 Å². The highest BCUT2D eigenvalue weighted by Gasteiger charge is 2.45. The van der Waals surface area contributed by atoms with Gasteiger partial charge in [-0.2, -0.15) is 0 Å². The second-order valence-corrected chi connectivity index (χ2v) is 8.48. The fourth-order valence-corrected chi connectivity index (χ4v) is 4.43. The maximum Gasteiger partial charge on any atom is 0.295 e. The fraction of sp³-hybridized carbons (Fsp3) is 0.241.